The normalized spacial score (nSPS) is 13.4. The molecule has 0 saturated carbocycles. The lowest BCUT2D eigenvalue weighted by molar-refractivity contribution is -0.120. The van der Waals surface area contributed by atoms with Crippen molar-refractivity contribution in [1.29, 1.82) is 0 Å². The number of imidazole rings is 1. The van der Waals surface area contributed by atoms with Gasteiger partial charge >= 0.3 is 0 Å². The predicted octanol–water partition coefficient (Wildman–Crippen LogP) is 4.74. The topological polar surface area (TPSA) is 56.1 Å². The van der Waals surface area contributed by atoms with Gasteiger partial charge in [0.15, 0.2) is 5.16 Å². The quantitative estimate of drug-likeness (QED) is 0.497. The molecule has 2 aromatic carbocycles. The van der Waals surface area contributed by atoms with Gasteiger partial charge in [-0.3, -0.25) is 4.79 Å². The molecule has 0 aliphatic rings. The minimum atomic E-state index is -0.272. The van der Waals surface area contributed by atoms with Gasteiger partial charge in [0, 0.05) is 25.2 Å². The highest BCUT2D eigenvalue weighted by atomic mass is 35.5. The average Bonchev–Trinajstić information content (AvgIpc) is 3.06. The van der Waals surface area contributed by atoms with Crippen LogP contribution in [-0.4, -0.2) is 41.0 Å². The van der Waals surface area contributed by atoms with Crippen LogP contribution in [0.1, 0.15) is 25.3 Å². The zero-order chi connectivity index (χ0) is 20.8. The van der Waals surface area contributed by atoms with Crippen LogP contribution in [0.15, 0.2) is 53.7 Å². The van der Waals surface area contributed by atoms with E-state index in [0.717, 1.165) is 16.2 Å². The summed E-state index contributed by atoms with van der Waals surface area (Å²) in [5.74, 6) is 0.256. The van der Waals surface area contributed by atoms with Crippen LogP contribution in [0.5, 0.6) is 0 Å². The third-order valence-corrected chi connectivity index (χ3v) is 6.12. The molecule has 0 aliphatic carbocycles. The van der Waals surface area contributed by atoms with E-state index in [1.807, 2.05) is 43.3 Å². The minimum Gasteiger partial charge on any atom is -0.383 e. The Bertz CT molecular complexity index is 961. The second-order valence-electron chi connectivity index (χ2n) is 6.99. The van der Waals surface area contributed by atoms with Gasteiger partial charge in [-0.2, -0.15) is 0 Å². The smallest absolute Gasteiger partial charge is 0.233 e. The molecule has 0 aliphatic heterocycles. The van der Waals surface area contributed by atoms with Crippen LogP contribution in [0.3, 0.4) is 0 Å². The second-order valence-corrected chi connectivity index (χ2v) is 8.73. The maximum atomic E-state index is 12.7. The first-order chi connectivity index (χ1) is 14.0. The molecule has 3 rings (SSSR count). The van der Waals surface area contributed by atoms with E-state index in [-0.39, 0.29) is 17.1 Å². The van der Waals surface area contributed by atoms with E-state index < -0.39 is 0 Å². The summed E-state index contributed by atoms with van der Waals surface area (Å²) in [7, 11) is 1.67. The van der Waals surface area contributed by atoms with Crippen LogP contribution in [0, 0.1) is 0 Å². The van der Waals surface area contributed by atoms with Crippen molar-refractivity contribution in [2.75, 3.05) is 20.3 Å². The van der Waals surface area contributed by atoms with Gasteiger partial charge < -0.3 is 14.6 Å². The third-order valence-electron chi connectivity index (χ3n) is 4.80. The van der Waals surface area contributed by atoms with Crippen molar-refractivity contribution < 1.29 is 9.53 Å². The van der Waals surface area contributed by atoms with Crippen molar-refractivity contribution >= 4 is 40.3 Å². The molecule has 1 aromatic heterocycles. The molecule has 2 unspecified atom stereocenters. The second kappa shape index (κ2) is 10.1. The van der Waals surface area contributed by atoms with Crippen LogP contribution >= 0.6 is 23.4 Å². The number of nitrogens with zero attached hydrogens (tertiary/aromatic N) is 2. The Labute approximate surface area is 180 Å². The number of rotatable bonds is 9. The highest BCUT2D eigenvalue weighted by Crippen LogP contribution is 2.29. The maximum absolute atomic E-state index is 12.7. The summed E-state index contributed by atoms with van der Waals surface area (Å²) >= 11 is 7.57. The number of hydrogen-bond acceptors (Lipinski definition) is 4. The Morgan fingerprint density at radius 1 is 1.24 bits per heavy atom. The Balaban J connectivity index is 1.68. The SMILES string of the molecule is COCCn1c(SC(C)C(=O)NCC(C)c2ccccc2)nc2cc(Cl)ccc21. The number of halogens is 1. The van der Waals surface area contributed by atoms with E-state index in [4.69, 9.17) is 21.3 Å². The molecule has 0 fully saturated rings. The first-order valence-corrected chi connectivity index (χ1v) is 10.9. The molecule has 1 heterocycles. The number of methoxy groups -OCH3 is 1. The number of hydrogen-bond donors (Lipinski definition) is 1. The zero-order valence-corrected chi connectivity index (χ0v) is 18.5. The number of carbonyl (C=O) groups excluding carboxylic acids is 1. The molecular weight excluding hydrogens is 406 g/mol. The van der Waals surface area contributed by atoms with Gasteiger partial charge in [0.25, 0.3) is 0 Å². The summed E-state index contributed by atoms with van der Waals surface area (Å²) in [6.45, 7) is 5.85. The molecule has 7 heteroatoms. The molecule has 0 bridgehead atoms. The van der Waals surface area contributed by atoms with Gasteiger partial charge in [0.2, 0.25) is 5.91 Å². The Morgan fingerprint density at radius 3 is 2.72 bits per heavy atom. The molecule has 154 valence electrons. The number of nitrogens with one attached hydrogen (secondary N) is 1. The van der Waals surface area contributed by atoms with Gasteiger partial charge in [-0.05, 0) is 36.6 Å². The molecule has 29 heavy (non-hydrogen) atoms. The monoisotopic (exact) mass is 431 g/mol. The predicted molar refractivity (Wildman–Crippen MR) is 120 cm³/mol. The molecule has 2 atom stereocenters. The molecule has 1 amide bonds. The number of ether oxygens (including phenoxy) is 1. The number of fused-ring (bicyclic) bond motifs is 1. The minimum absolute atomic E-state index is 0.00108. The highest BCUT2D eigenvalue weighted by Gasteiger charge is 2.20. The zero-order valence-electron chi connectivity index (χ0n) is 16.9. The number of benzene rings is 2. The number of thioether (sulfide) groups is 1. The molecule has 0 radical (unpaired) electrons. The molecule has 0 spiro atoms. The van der Waals surface area contributed by atoms with Gasteiger partial charge in [-0.15, -0.1) is 0 Å². The lowest BCUT2D eigenvalue weighted by Gasteiger charge is -2.16. The fraction of sp³-hybridized carbons (Fsp3) is 0.364. The van der Waals surface area contributed by atoms with Gasteiger partial charge in [-0.25, -0.2) is 4.98 Å². The van der Waals surface area contributed by atoms with E-state index in [1.165, 1.54) is 17.3 Å². The van der Waals surface area contributed by atoms with Crippen molar-refractivity contribution in [2.45, 2.75) is 36.7 Å². The van der Waals surface area contributed by atoms with Crippen LogP contribution in [0.4, 0.5) is 0 Å². The van der Waals surface area contributed by atoms with Crippen LogP contribution in [0.25, 0.3) is 11.0 Å². The van der Waals surface area contributed by atoms with E-state index in [2.05, 4.69) is 28.9 Å². The average molecular weight is 432 g/mol. The molecule has 0 saturated heterocycles. The summed E-state index contributed by atoms with van der Waals surface area (Å²) in [4.78, 5) is 17.4. The third kappa shape index (κ3) is 5.53. The number of aromatic nitrogens is 2. The van der Waals surface area contributed by atoms with E-state index in [0.29, 0.717) is 24.7 Å². The molecule has 1 N–H and O–H groups in total. The number of carbonyl (C=O) groups is 1. The number of amides is 1. The first-order valence-electron chi connectivity index (χ1n) is 9.63. The summed E-state index contributed by atoms with van der Waals surface area (Å²) in [6, 6.07) is 15.8. The van der Waals surface area contributed by atoms with Gasteiger partial charge in [0.1, 0.15) is 0 Å². The largest absolute Gasteiger partial charge is 0.383 e. The fourth-order valence-electron chi connectivity index (χ4n) is 3.08. The van der Waals surface area contributed by atoms with E-state index >= 15 is 0 Å². The molecular formula is C22H26ClN3O2S. The maximum Gasteiger partial charge on any atom is 0.233 e. The Hall–Kier alpha value is -2.02. The van der Waals surface area contributed by atoms with Crippen LogP contribution in [-0.2, 0) is 16.1 Å². The van der Waals surface area contributed by atoms with Gasteiger partial charge in [0.05, 0.1) is 22.9 Å². The summed E-state index contributed by atoms with van der Waals surface area (Å²) < 4.78 is 7.32. The molecule has 5 nitrogen and oxygen atoms in total. The van der Waals surface area contributed by atoms with Crippen LogP contribution < -0.4 is 5.32 Å². The summed E-state index contributed by atoms with van der Waals surface area (Å²) in [5, 5.41) is 4.23. The van der Waals surface area contributed by atoms with Crippen molar-refractivity contribution in [3.8, 4) is 0 Å². The molecule has 3 aromatic rings. The van der Waals surface area contributed by atoms with Crippen molar-refractivity contribution in [2.24, 2.45) is 0 Å². The van der Waals surface area contributed by atoms with Crippen molar-refractivity contribution in [3.63, 3.8) is 0 Å². The summed E-state index contributed by atoms with van der Waals surface area (Å²) in [5.41, 5.74) is 3.02. The Kier molecular flexibility index (Phi) is 7.58. The lowest BCUT2D eigenvalue weighted by atomic mass is 10.0. The fourth-order valence-corrected chi connectivity index (χ4v) is 4.22. The van der Waals surface area contributed by atoms with Gasteiger partial charge in [-0.1, -0.05) is 60.6 Å². The van der Waals surface area contributed by atoms with Crippen molar-refractivity contribution in [3.05, 3.63) is 59.1 Å². The van der Waals surface area contributed by atoms with E-state index in [9.17, 15) is 4.79 Å². The standard InChI is InChI=1S/C22H26ClN3O2S/c1-15(17-7-5-4-6-8-17)14-24-21(27)16(2)29-22-25-19-13-18(23)9-10-20(19)26(22)11-12-28-3/h4-10,13,15-16H,11-12,14H2,1-3H3,(H,24,27). The van der Waals surface area contributed by atoms with Crippen molar-refractivity contribution in [1.82, 2.24) is 14.9 Å². The first kappa shape index (κ1) is 21.7. The van der Waals surface area contributed by atoms with Crippen LogP contribution in [0.2, 0.25) is 5.02 Å². The van der Waals surface area contributed by atoms with E-state index in [1.54, 1.807) is 7.11 Å². The summed E-state index contributed by atoms with van der Waals surface area (Å²) in [6.07, 6.45) is 0. The highest BCUT2D eigenvalue weighted by molar-refractivity contribution is 8.00. The lowest BCUT2D eigenvalue weighted by Crippen LogP contribution is -2.33. The Morgan fingerprint density at radius 2 is 2.00 bits per heavy atom.